The van der Waals surface area contributed by atoms with Gasteiger partial charge in [-0.05, 0) is 0 Å². The average molecular weight is 263 g/mol. The third-order valence-corrected chi connectivity index (χ3v) is 2.84. The van der Waals surface area contributed by atoms with Crippen LogP contribution in [0.15, 0.2) is 0 Å². The molecule has 0 aromatic carbocycles. The van der Waals surface area contributed by atoms with E-state index < -0.39 is 18.0 Å². The smallest absolute Gasteiger partial charge is 0.323 e. The number of nitrogens with two attached hydrogens (primary N) is 1. The van der Waals surface area contributed by atoms with Crippen molar-refractivity contribution >= 4 is 29.7 Å². The van der Waals surface area contributed by atoms with Crippen LogP contribution in [0, 0.1) is 0 Å². The van der Waals surface area contributed by atoms with Gasteiger partial charge in [-0.1, -0.05) is 0 Å². The van der Waals surface area contributed by atoms with Crippen LogP contribution >= 0.6 is 11.8 Å². The molecule has 0 saturated heterocycles. The Labute approximate surface area is 104 Å². The van der Waals surface area contributed by atoms with Gasteiger partial charge >= 0.3 is 12.0 Å². The number of urea groups is 1. The normalized spacial score (nSPS) is 11.5. The van der Waals surface area contributed by atoms with E-state index in [-0.39, 0.29) is 12.3 Å². The van der Waals surface area contributed by atoms with Crippen molar-refractivity contribution in [2.45, 2.75) is 12.5 Å². The van der Waals surface area contributed by atoms with Crippen LogP contribution in [0.2, 0.25) is 0 Å². The summed E-state index contributed by atoms with van der Waals surface area (Å²) in [5.74, 6) is 0.00350. The molecule has 0 aliphatic heterocycles. The van der Waals surface area contributed by atoms with E-state index in [0.717, 1.165) is 0 Å². The lowest BCUT2D eigenvalue weighted by Gasteiger charge is -2.08. The first kappa shape index (κ1) is 15.7. The predicted octanol–water partition coefficient (Wildman–Crippen LogP) is -0.934. The van der Waals surface area contributed by atoms with Gasteiger partial charge < -0.3 is 15.8 Å². The van der Waals surface area contributed by atoms with Crippen LogP contribution in [0.3, 0.4) is 0 Å². The summed E-state index contributed by atoms with van der Waals surface area (Å²) in [5, 5.41) is 4.39. The summed E-state index contributed by atoms with van der Waals surface area (Å²) in [6.45, 7) is 0. The Morgan fingerprint density at radius 2 is 2.06 bits per heavy atom. The van der Waals surface area contributed by atoms with Gasteiger partial charge in [-0.3, -0.25) is 14.9 Å². The monoisotopic (exact) mass is 263 g/mol. The number of hydrogen-bond acceptors (Lipinski definition) is 6. The molecule has 3 amide bonds. The van der Waals surface area contributed by atoms with Crippen LogP contribution in [-0.4, -0.2) is 49.6 Å². The number of methoxy groups -OCH3 is 1. The lowest BCUT2D eigenvalue weighted by molar-refractivity contribution is -0.141. The third kappa shape index (κ3) is 7.58. The second-order valence-corrected chi connectivity index (χ2v) is 4.23. The second-order valence-electron chi connectivity index (χ2n) is 3.08. The van der Waals surface area contributed by atoms with Crippen molar-refractivity contribution in [2.75, 3.05) is 25.7 Å². The molecule has 0 fully saturated rings. The summed E-state index contributed by atoms with van der Waals surface area (Å²) < 4.78 is 4.45. The van der Waals surface area contributed by atoms with Gasteiger partial charge in [-0.25, -0.2) is 4.79 Å². The number of amides is 3. The van der Waals surface area contributed by atoms with E-state index in [2.05, 4.69) is 15.4 Å². The van der Waals surface area contributed by atoms with Gasteiger partial charge in [0.25, 0.3) is 0 Å². The van der Waals surface area contributed by atoms with Crippen LogP contribution in [0.4, 0.5) is 4.79 Å². The van der Waals surface area contributed by atoms with Crippen LogP contribution in [-0.2, 0) is 14.3 Å². The van der Waals surface area contributed by atoms with E-state index in [4.69, 9.17) is 5.73 Å². The Bertz CT molecular complexity index is 285. The predicted molar refractivity (Wildman–Crippen MR) is 64.5 cm³/mol. The molecule has 0 bridgehead atoms. The summed E-state index contributed by atoms with van der Waals surface area (Å²) in [6, 6.07) is -1.22. The minimum Gasteiger partial charge on any atom is -0.468 e. The lowest BCUT2D eigenvalue weighted by Crippen LogP contribution is -2.37. The van der Waals surface area contributed by atoms with Gasteiger partial charge in [0.15, 0.2) is 0 Å². The van der Waals surface area contributed by atoms with Gasteiger partial charge in [-0.15, -0.1) is 0 Å². The second kappa shape index (κ2) is 8.82. The van der Waals surface area contributed by atoms with E-state index in [9.17, 15) is 14.4 Å². The maximum absolute atomic E-state index is 11.1. The molecule has 0 aromatic rings. The molecule has 0 aliphatic carbocycles. The Morgan fingerprint density at radius 3 is 2.59 bits per heavy atom. The van der Waals surface area contributed by atoms with Gasteiger partial charge in [0, 0.05) is 25.0 Å². The number of thioether (sulfide) groups is 1. The first-order valence-electron chi connectivity index (χ1n) is 4.94. The number of rotatable bonds is 6. The SMILES string of the molecule is CNC(=O)NC(=O)CCSCC(N)C(=O)OC. The number of hydrogen-bond donors (Lipinski definition) is 3. The summed E-state index contributed by atoms with van der Waals surface area (Å²) in [4.78, 5) is 32.8. The van der Waals surface area contributed by atoms with E-state index in [1.165, 1.54) is 25.9 Å². The quantitative estimate of drug-likeness (QED) is 0.421. The molecule has 7 nitrogen and oxygen atoms in total. The minimum absolute atomic E-state index is 0.186. The van der Waals surface area contributed by atoms with Crippen molar-refractivity contribution in [3.05, 3.63) is 0 Å². The number of esters is 1. The van der Waals surface area contributed by atoms with Crippen molar-refractivity contribution in [2.24, 2.45) is 5.73 Å². The van der Waals surface area contributed by atoms with Gasteiger partial charge in [0.2, 0.25) is 5.91 Å². The van der Waals surface area contributed by atoms with Crippen LogP contribution in [0.5, 0.6) is 0 Å². The number of nitrogens with one attached hydrogen (secondary N) is 2. The first-order valence-corrected chi connectivity index (χ1v) is 6.09. The van der Waals surface area contributed by atoms with Crippen LogP contribution in [0.25, 0.3) is 0 Å². The van der Waals surface area contributed by atoms with E-state index in [1.54, 1.807) is 0 Å². The molecule has 0 aromatic heterocycles. The molecule has 0 rings (SSSR count). The maximum atomic E-state index is 11.1. The van der Waals surface area contributed by atoms with E-state index >= 15 is 0 Å². The zero-order valence-corrected chi connectivity index (χ0v) is 10.6. The van der Waals surface area contributed by atoms with Crippen molar-refractivity contribution in [3.63, 3.8) is 0 Å². The highest BCUT2D eigenvalue weighted by atomic mass is 32.2. The molecule has 1 atom stereocenters. The zero-order valence-electron chi connectivity index (χ0n) is 9.82. The molecule has 0 aliphatic rings. The molecule has 1 unspecified atom stereocenters. The summed E-state index contributed by atoms with van der Waals surface area (Å²) >= 11 is 1.35. The van der Waals surface area contributed by atoms with Crippen molar-refractivity contribution in [3.8, 4) is 0 Å². The van der Waals surface area contributed by atoms with Crippen LogP contribution in [0.1, 0.15) is 6.42 Å². The molecule has 17 heavy (non-hydrogen) atoms. The Morgan fingerprint density at radius 1 is 1.41 bits per heavy atom. The van der Waals surface area contributed by atoms with E-state index in [0.29, 0.717) is 11.5 Å². The van der Waals surface area contributed by atoms with Gasteiger partial charge in [-0.2, -0.15) is 11.8 Å². The minimum atomic E-state index is -0.688. The fourth-order valence-corrected chi connectivity index (χ4v) is 1.73. The van der Waals surface area contributed by atoms with Crippen molar-refractivity contribution in [1.82, 2.24) is 10.6 Å². The number of carbonyl (C=O) groups excluding carboxylic acids is 3. The number of ether oxygens (including phenoxy) is 1. The molecule has 0 radical (unpaired) electrons. The third-order valence-electron chi connectivity index (χ3n) is 1.75. The average Bonchev–Trinajstić information content (AvgIpc) is 2.32. The van der Waals surface area contributed by atoms with E-state index in [1.807, 2.05) is 0 Å². The lowest BCUT2D eigenvalue weighted by atomic mass is 10.4. The molecular formula is C9H17N3O4S. The highest BCUT2D eigenvalue weighted by Crippen LogP contribution is 2.04. The Kier molecular flexibility index (Phi) is 8.16. The van der Waals surface area contributed by atoms with Crippen LogP contribution < -0.4 is 16.4 Å². The number of carbonyl (C=O) groups is 3. The zero-order chi connectivity index (χ0) is 13.3. The maximum Gasteiger partial charge on any atom is 0.323 e. The largest absolute Gasteiger partial charge is 0.468 e. The topological polar surface area (TPSA) is 111 Å². The first-order chi connectivity index (χ1) is 8.01. The molecule has 4 N–H and O–H groups in total. The summed E-state index contributed by atoms with van der Waals surface area (Å²) in [6.07, 6.45) is 0.186. The standard InChI is InChI=1S/C9H17N3O4S/c1-11-9(15)12-7(13)3-4-17-5-6(10)8(14)16-2/h6H,3-5,10H2,1-2H3,(H2,11,12,13,15). The fourth-order valence-electron chi connectivity index (χ4n) is 0.846. The molecular weight excluding hydrogens is 246 g/mol. The van der Waals surface area contributed by atoms with Gasteiger partial charge in [0.1, 0.15) is 6.04 Å². The Balaban J connectivity index is 3.61. The number of imide groups is 1. The molecule has 0 saturated carbocycles. The Hall–Kier alpha value is -1.28. The summed E-state index contributed by atoms with van der Waals surface area (Å²) in [5.41, 5.74) is 5.49. The molecule has 0 spiro atoms. The van der Waals surface area contributed by atoms with Crippen molar-refractivity contribution < 1.29 is 19.1 Å². The highest BCUT2D eigenvalue weighted by molar-refractivity contribution is 7.99. The molecule has 8 heteroatoms. The van der Waals surface area contributed by atoms with Crippen molar-refractivity contribution in [1.29, 1.82) is 0 Å². The van der Waals surface area contributed by atoms with Gasteiger partial charge in [0.05, 0.1) is 7.11 Å². The summed E-state index contributed by atoms with van der Waals surface area (Å²) in [7, 11) is 2.69. The highest BCUT2D eigenvalue weighted by Gasteiger charge is 2.13. The fraction of sp³-hybridized carbons (Fsp3) is 0.667. The molecule has 98 valence electrons. The molecule has 0 heterocycles.